The maximum absolute atomic E-state index is 12.1. The Morgan fingerprint density at radius 1 is 1.59 bits per heavy atom. The van der Waals surface area contributed by atoms with Crippen LogP contribution in [0.3, 0.4) is 0 Å². The zero-order chi connectivity index (χ0) is 12.4. The SMILES string of the molecule is Cn1ccc(C(=O)N2CCNCC2C(N)=O)n1. The molecule has 1 aromatic heterocycles. The maximum atomic E-state index is 12.1. The zero-order valence-corrected chi connectivity index (χ0v) is 9.59. The number of hydrogen-bond donors (Lipinski definition) is 2. The molecule has 1 unspecified atom stereocenters. The van der Waals surface area contributed by atoms with Gasteiger partial charge in [0.25, 0.3) is 5.91 Å². The lowest BCUT2D eigenvalue weighted by atomic mass is 10.1. The van der Waals surface area contributed by atoms with Crippen LogP contribution < -0.4 is 11.1 Å². The largest absolute Gasteiger partial charge is 0.368 e. The van der Waals surface area contributed by atoms with E-state index in [1.807, 2.05) is 0 Å². The van der Waals surface area contributed by atoms with Crippen LogP contribution in [0.4, 0.5) is 0 Å². The van der Waals surface area contributed by atoms with E-state index in [0.29, 0.717) is 25.3 Å². The number of nitrogens with one attached hydrogen (secondary N) is 1. The Hall–Kier alpha value is -1.89. The molecule has 2 amide bonds. The number of rotatable bonds is 2. The number of hydrogen-bond acceptors (Lipinski definition) is 4. The molecule has 2 rings (SSSR count). The average Bonchev–Trinajstić information content (AvgIpc) is 2.75. The molecule has 1 fully saturated rings. The molecule has 2 heterocycles. The van der Waals surface area contributed by atoms with Crippen LogP contribution in [0.25, 0.3) is 0 Å². The van der Waals surface area contributed by atoms with Gasteiger partial charge in [-0.15, -0.1) is 0 Å². The Kier molecular flexibility index (Phi) is 3.10. The van der Waals surface area contributed by atoms with Crippen LogP contribution in [0.5, 0.6) is 0 Å². The van der Waals surface area contributed by atoms with Gasteiger partial charge in [0.1, 0.15) is 11.7 Å². The summed E-state index contributed by atoms with van der Waals surface area (Å²) in [6.07, 6.45) is 1.69. The molecule has 1 aliphatic heterocycles. The van der Waals surface area contributed by atoms with Crippen molar-refractivity contribution in [1.29, 1.82) is 0 Å². The molecule has 0 aromatic carbocycles. The summed E-state index contributed by atoms with van der Waals surface area (Å²) in [6, 6.07) is 1.03. The van der Waals surface area contributed by atoms with Crippen molar-refractivity contribution in [3.63, 3.8) is 0 Å². The van der Waals surface area contributed by atoms with Gasteiger partial charge in [0, 0.05) is 32.9 Å². The number of aromatic nitrogens is 2. The second-order valence-electron chi connectivity index (χ2n) is 4.00. The molecule has 17 heavy (non-hydrogen) atoms. The minimum atomic E-state index is -0.599. The second kappa shape index (κ2) is 4.54. The van der Waals surface area contributed by atoms with Gasteiger partial charge in [0.2, 0.25) is 5.91 Å². The number of nitrogens with zero attached hydrogens (tertiary/aromatic N) is 3. The van der Waals surface area contributed by atoms with E-state index in [0.717, 1.165) is 0 Å². The lowest BCUT2D eigenvalue weighted by molar-refractivity contribution is -0.122. The monoisotopic (exact) mass is 237 g/mol. The van der Waals surface area contributed by atoms with E-state index in [1.165, 1.54) is 4.90 Å². The fourth-order valence-corrected chi connectivity index (χ4v) is 1.88. The summed E-state index contributed by atoms with van der Waals surface area (Å²) in [5.74, 6) is -0.752. The van der Waals surface area contributed by atoms with Crippen LogP contribution in [-0.2, 0) is 11.8 Å². The first-order valence-corrected chi connectivity index (χ1v) is 5.40. The maximum Gasteiger partial charge on any atom is 0.275 e. The summed E-state index contributed by atoms with van der Waals surface area (Å²) in [7, 11) is 1.74. The highest BCUT2D eigenvalue weighted by Gasteiger charge is 2.31. The summed E-state index contributed by atoms with van der Waals surface area (Å²) in [5.41, 5.74) is 5.61. The Bertz CT molecular complexity index is 442. The molecule has 0 bridgehead atoms. The lowest BCUT2D eigenvalue weighted by Gasteiger charge is -2.33. The van der Waals surface area contributed by atoms with Gasteiger partial charge in [-0.25, -0.2) is 0 Å². The van der Waals surface area contributed by atoms with Gasteiger partial charge in [-0.05, 0) is 6.07 Å². The van der Waals surface area contributed by atoms with Crippen molar-refractivity contribution in [2.75, 3.05) is 19.6 Å². The number of carbonyl (C=O) groups is 2. The van der Waals surface area contributed by atoms with Crippen molar-refractivity contribution in [3.8, 4) is 0 Å². The van der Waals surface area contributed by atoms with Gasteiger partial charge < -0.3 is 16.0 Å². The first kappa shape index (κ1) is 11.6. The number of nitrogens with two attached hydrogens (primary N) is 1. The number of carbonyl (C=O) groups excluding carboxylic acids is 2. The van der Waals surface area contributed by atoms with Gasteiger partial charge >= 0.3 is 0 Å². The van der Waals surface area contributed by atoms with E-state index in [1.54, 1.807) is 24.0 Å². The minimum Gasteiger partial charge on any atom is -0.368 e. The number of piperazine rings is 1. The molecule has 0 spiro atoms. The third-order valence-electron chi connectivity index (χ3n) is 2.77. The molecule has 0 aliphatic carbocycles. The van der Waals surface area contributed by atoms with E-state index in [-0.39, 0.29) is 5.91 Å². The smallest absolute Gasteiger partial charge is 0.275 e. The topological polar surface area (TPSA) is 93.3 Å². The van der Waals surface area contributed by atoms with Gasteiger partial charge in [-0.2, -0.15) is 5.10 Å². The summed E-state index contributed by atoms with van der Waals surface area (Å²) in [4.78, 5) is 24.9. The Balaban J connectivity index is 2.19. The van der Waals surface area contributed by atoms with Crippen molar-refractivity contribution in [1.82, 2.24) is 20.0 Å². The molecule has 92 valence electrons. The Labute approximate surface area is 98.6 Å². The lowest BCUT2D eigenvalue weighted by Crippen LogP contribution is -2.58. The van der Waals surface area contributed by atoms with Crippen molar-refractivity contribution in [3.05, 3.63) is 18.0 Å². The molecule has 1 aromatic rings. The fraction of sp³-hybridized carbons (Fsp3) is 0.500. The zero-order valence-electron chi connectivity index (χ0n) is 9.59. The number of aryl methyl sites for hydroxylation is 1. The van der Waals surface area contributed by atoms with E-state index < -0.39 is 11.9 Å². The predicted octanol–water partition coefficient (Wildman–Crippen LogP) is -1.68. The highest BCUT2D eigenvalue weighted by Crippen LogP contribution is 2.08. The fourth-order valence-electron chi connectivity index (χ4n) is 1.88. The van der Waals surface area contributed by atoms with Crippen LogP contribution in [-0.4, -0.2) is 52.2 Å². The van der Waals surface area contributed by atoms with Crippen molar-refractivity contribution >= 4 is 11.8 Å². The summed E-state index contributed by atoms with van der Waals surface area (Å²) < 4.78 is 1.55. The van der Waals surface area contributed by atoms with Crippen LogP contribution in [0.1, 0.15) is 10.5 Å². The standard InChI is InChI=1S/C10H15N5O2/c1-14-4-2-7(13-14)10(17)15-5-3-12-6-8(15)9(11)16/h2,4,8,12H,3,5-6H2,1H3,(H2,11,16). The third kappa shape index (κ3) is 2.28. The van der Waals surface area contributed by atoms with Crippen molar-refractivity contribution < 1.29 is 9.59 Å². The molecule has 0 radical (unpaired) electrons. The van der Waals surface area contributed by atoms with Gasteiger partial charge in [0.05, 0.1) is 0 Å². The van der Waals surface area contributed by atoms with E-state index in [4.69, 9.17) is 5.73 Å². The van der Waals surface area contributed by atoms with Gasteiger partial charge in [-0.3, -0.25) is 14.3 Å². The first-order chi connectivity index (χ1) is 8.09. The quantitative estimate of drug-likeness (QED) is 0.642. The van der Waals surface area contributed by atoms with Crippen molar-refractivity contribution in [2.24, 2.45) is 12.8 Å². The molecule has 3 N–H and O–H groups in total. The van der Waals surface area contributed by atoms with E-state index >= 15 is 0 Å². The predicted molar refractivity (Wildman–Crippen MR) is 60.1 cm³/mol. The van der Waals surface area contributed by atoms with Crippen molar-refractivity contribution in [2.45, 2.75) is 6.04 Å². The van der Waals surface area contributed by atoms with Crippen LogP contribution in [0.2, 0.25) is 0 Å². The molecular weight excluding hydrogens is 222 g/mol. The summed E-state index contributed by atoms with van der Waals surface area (Å²) >= 11 is 0. The molecule has 0 saturated carbocycles. The highest BCUT2D eigenvalue weighted by atomic mass is 16.2. The second-order valence-corrected chi connectivity index (χ2v) is 4.00. The number of amides is 2. The van der Waals surface area contributed by atoms with E-state index in [9.17, 15) is 9.59 Å². The average molecular weight is 237 g/mol. The first-order valence-electron chi connectivity index (χ1n) is 5.40. The minimum absolute atomic E-state index is 0.254. The number of primary amides is 1. The van der Waals surface area contributed by atoms with Crippen LogP contribution in [0, 0.1) is 0 Å². The molecule has 7 nitrogen and oxygen atoms in total. The molecule has 1 saturated heterocycles. The van der Waals surface area contributed by atoms with E-state index in [2.05, 4.69) is 10.4 Å². The normalized spacial score (nSPS) is 20.3. The van der Waals surface area contributed by atoms with Gasteiger partial charge in [0.15, 0.2) is 0 Å². The summed E-state index contributed by atoms with van der Waals surface area (Å²) in [5, 5.41) is 7.07. The molecule has 7 heteroatoms. The highest BCUT2D eigenvalue weighted by molar-refractivity contribution is 5.96. The Morgan fingerprint density at radius 2 is 2.35 bits per heavy atom. The third-order valence-corrected chi connectivity index (χ3v) is 2.77. The van der Waals surface area contributed by atoms with Crippen LogP contribution >= 0.6 is 0 Å². The van der Waals surface area contributed by atoms with Gasteiger partial charge in [-0.1, -0.05) is 0 Å². The molecular formula is C10H15N5O2. The Morgan fingerprint density at radius 3 is 2.94 bits per heavy atom. The molecule has 1 aliphatic rings. The summed E-state index contributed by atoms with van der Waals surface area (Å²) in [6.45, 7) is 1.51. The van der Waals surface area contributed by atoms with Crippen LogP contribution in [0.15, 0.2) is 12.3 Å². The molecule has 1 atom stereocenters.